The smallest absolute Gasteiger partial charge is 0.254 e. The van der Waals surface area contributed by atoms with Crippen LogP contribution in [0.15, 0.2) is 24.8 Å². The van der Waals surface area contributed by atoms with Crippen molar-refractivity contribution in [1.29, 1.82) is 0 Å². The van der Waals surface area contributed by atoms with Gasteiger partial charge >= 0.3 is 0 Å². The molecule has 3 aromatic heterocycles. The Labute approximate surface area is 130 Å². The fourth-order valence-electron chi connectivity index (χ4n) is 2.77. The Kier molecular flexibility index (Phi) is 2.80. The molecule has 7 nitrogen and oxygen atoms in total. The van der Waals surface area contributed by atoms with Gasteiger partial charge in [-0.2, -0.15) is 10.2 Å². The van der Waals surface area contributed by atoms with E-state index in [1.165, 1.54) is 0 Å². The topological polar surface area (TPSA) is 77.6 Å². The Morgan fingerprint density at radius 1 is 1.09 bits per heavy atom. The molecule has 4 rings (SSSR count). The SMILES string of the molecule is Cn1cc(-c2nc(-c3cnn(C)c3)c3c(c2F)CNC3=O)cn1. The van der Waals surface area contributed by atoms with Crippen LogP contribution in [0, 0.1) is 5.82 Å². The van der Waals surface area contributed by atoms with Crippen LogP contribution in [0.2, 0.25) is 0 Å². The third kappa shape index (κ3) is 2.02. The van der Waals surface area contributed by atoms with E-state index < -0.39 is 5.82 Å². The normalized spacial score (nSPS) is 13.3. The van der Waals surface area contributed by atoms with Crippen molar-refractivity contribution in [3.63, 3.8) is 0 Å². The quantitative estimate of drug-likeness (QED) is 0.773. The minimum absolute atomic E-state index is 0.156. The fraction of sp³-hybridized carbons (Fsp3) is 0.200. The van der Waals surface area contributed by atoms with Gasteiger partial charge in [0.25, 0.3) is 5.91 Å². The van der Waals surface area contributed by atoms with Gasteiger partial charge in [0.2, 0.25) is 0 Å². The number of rotatable bonds is 2. The summed E-state index contributed by atoms with van der Waals surface area (Å²) >= 11 is 0. The third-order valence-corrected chi connectivity index (χ3v) is 3.84. The summed E-state index contributed by atoms with van der Waals surface area (Å²) in [6, 6.07) is 0. The lowest BCUT2D eigenvalue weighted by atomic mass is 10.0. The van der Waals surface area contributed by atoms with Crippen LogP contribution in [0.25, 0.3) is 22.5 Å². The number of hydrogen-bond donors (Lipinski definition) is 1. The van der Waals surface area contributed by atoms with E-state index in [0.29, 0.717) is 22.4 Å². The summed E-state index contributed by atoms with van der Waals surface area (Å²) in [4.78, 5) is 16.5. The van der Waals surface area contributed by atoms with Gasteiger partial charge in [0.05, 0.1) is 23.7 Å². The predicted octanol–water partition coefficient (Wildman–Crippen LogP) is 1.27. The zero-order valence-corrected chi connectivity index (χ0v) is 12.5. The molecule has 23 heavy (non-hydrogen) atoms. The highest BCUT2D eigenvalue weighted by atomic mass is 19.1. The third-order valence-electron chi connectivity index (χ3n) is 3.84. The van der Waals surface area contributed by atoms with Gasteiger partial charge < -0.3 is 5.32 Å². The van der Waals surface area contributed by atoms with E-state index in [4.69, 9.17) is 0 Å². The number of fused-ring (bicyclic) bond motifs is 1. The Balaban J connectivity index is 2.01. The molecule has 1 N–H and O–H groups in total. The van der Waals surface area contributed by atoms with Gasteiger partial charge in [0, 0.05) is 49.7 Å². The van der Waals surface area contributed by atoms with Crippen molar-refractivity contribution in [3.8, 4) is 22.5 Å². The van der Waals surface area contributed by atoms with E-state index in [0.717, 1.165) is 0 Å². The zero-order valence-electron chi connectivity index (χ0n) is 12.5. The molecular weight excluding hydrogens is 299 g/mol. The molecule has 0 aliphatic carbocycles. The lowest BCUT2D eigenvalue weighted by Crippen LogP contribution is -2.13. The summed E-state index contributed by atoms with van der Waals surface area (Å²) in [6.45, 7) is 0.156. The minimum atomic E-state index is -0.487. The molecule has 0 spiro atoms. The second-order valence-corrected chi connectivity index (χ2v) is 5.46. The van der Waals surface area contributed by atoms with Crippen LogP contribution < -0.4 is 5.32 Å². The molecule has 8 heteroatoms. The standard InChI is InChI=1S/C15H13FN6O/c1-21-6-8(3-18-21)13-11-10(5-17-15(11)23)12(16)14(20-13)9-4-19-22(2)7-9/h3-4,6-7H,5H2,1-2H3,(H,17,23). The lowest BCUT2D eigenvalue weighted by Gasteiger charge is -2.09. The lowest BCUT2D eigenvalue weighted by molar-refractivity contribution is 0.0966. The second-order valence-electron chi connectivity index (χ2n) is 5.46. The minimum Gasteiger partial charge on any atom is -0.348 e. The van der Waals surface area contributed by atoms with Crippen LogP contribution >= 0.6 is 0 Å². The fourth-order valence-corrected chi connectivity index (χ4v) is 2.77. The molecular formula is C15H13FN6O. The number of aromatic nitrogens is 5. The van der Waals surface area contributed by atoms with Crippen LogP contribution in [0.5, 0.6) is 0 Å². The van der Waals surface area contributed by atoms with Gasteiger partial charge in [0.15, 0.2) is 5.82 Å². The first kappa shape index (κ1) is 13.6. The highest BCUT2D eigenvalue weighted by molar-refractivity contribution is 6.04. The highest BCUT2D eigenvalue weighted by Gasteiger charge is 2.31. The van der Waals surface area contributed by atoms with Crippen molar-refractivity contribution >= 4 is 5.91 Å². The van der Waals surface area contributed by atoms with E-state index >= 15 is 0 Å². The Morgan fingerprint density at radius 3 is 2.26 bits per heavy atom. The average Bonchev–Trinajstić information content (AvgIpc) is 3.22. The van der Waals surface area contributed by atoms with Crippen LogP contribution in [0.3, 0.4) is 0 Å². The Morgan fingerprint density at radius 2 is 1.70 bits per heavy atom. The largest absolute Gasteiger partial charge is 0.348 e. The first-order chi connectivity index (χ1) is 11.0. The monoisotopic (exact) mass is 312 g/mol. The summed E-state index contributed by atoms with van der Waals surface area (Å²) in [7, 11) is 3.53. The molecule has 0 saturated heterocycles. The second kappa shape index (κ2) is 4.73. The average molecular weight is 312 g/mol. The molecule has 116 valence electrons. The number of carbonyl (C=O) groups excluding carboxylic acids is 1. The maximum absolute atomic E-state index is 14.8. The predicted molar refractivity (Wildman–Crippen MR) is 79.8 cm³/mol. The summed E-state index contributed by atoms with van der Waals surface area (Å²) < 4.78 is 18.0. The van der Waals surface area contributed by atoms with Gasteiger partial charge in [0.1, 0.15) is 5.69 Å². The maximum Gasteiger partial charge on any atom is 0.254 e. The van der Waals surface area contributed by atoms with Crippen LogP contribution in [-0.2, 0) is 20.6 Å². The number of nitrogens with one attached hydrogen (secondary N) is 1. The number of amides is 1. The molecule has 0 atom stereocenters. The van der Waals surface area contributed by atoms with Crippen molar-refractivity contribution in [3.05, 3.63) is 41.7 Å². The zero-order chi connectivity index (χ0) is 16.1. The van der Waals surface area contributed by atoms with Crippen molar-refractivity contribution in [2.75, 3.05) is 0 Å². The molecule has 0 bridgehead atoms. The van der Waals surface area contributed by atoms with E-state index in [1.54, 1.807) is 48.2 Å². The van der Waals surface area contributed by atoms with Gasteiger partial charge in [-0.25, -0.2) is 9.37 Å². The molecule has 0 saturated carbocycles. The van der Waals surface area contributed by atoms with Gasteiger partial charge in [-0.1, -0.05) is 0 Å². The number of nitrogens with zero attached hydrogens (tertiary/aromatic N) is 5. The molecule has 0 fully saturated rings. The van der Waals surface area contributed by atoms with Crippen LogP contribution in [-0.4, -0.2) is 30.5 Å². The molecule has 1 aliphatic rings. The molecule has 1 aliphatic heterocycles. The number of halogens is 1. The van der Waals surface area contributed by atoms with Crippen molar-refractivity contribution in [2.24, 2.45) is 14.1 Å². The molecule has 4 heterocycles. The van der Waals surface area contributed by atoms with Crippen molar-refractivity contribution in [2.45, 2.75) is 6.54 Å². The van der Waals surface area contributed by atoms with Crippen LogP contribution in [0.4, 0.5) is 4.39 Å². The molecule has 1 amide bonds. The summed E-state index contributed by atoms with van der Waals surface area (Å²) in [5.74, 6) is -0.804. The summed E-state index contributed by atoms with van der Waals surface area (Å²) in [5, 5.41) is 10.8. The number of pyridine rings is 1. The number of aryl methyl sites for hydroxylation is 2. The molecule has 3 aromatic rings. The van der Waals surface area contributed by atoms with Crippen LogP contribution in [0.1, 0.15) is 15.9 Å². The maximum atomic E-state index is 14.8. The van der Waals surface area contributed by atoms with Crippen molar-refractivity contribution in [1.82, 2.24) is 29.9 Å². The first-order valence-electron chi connectivity index (χ1n) is 7.03. The Hall–Kier alpha value is -3.03. The summed E-state index contributed by atoms with van der Waals surface area (Å²) in [6.07, 6.45) is 6.60. The highest BCUT2D eigenvalue weighted by Crippen LogP contribution is 2.34. The van der Waals surface area contributed by atoms with Gasteiger partial charge in [-0.15, -0.1) is 0 Å². The van der Waals surface area contributed by atoms with E-state index in [9.17, 15) is 9.18 Å². The van der Waals surface area contributed by atoms with Gasteiger partial charge in [-0.05, 0) is 0 Å². The van der Waals surface area contributed by atoms with E-state index in [2.05, 4.69) is 20.5 Å². The summed E-state index contributed by atoms with van der Waals surface area (Å²) in [5.41, 5.74) is 2.48. The molecule has 0 unspecified atom stereocenters. The van der Waals surface area contributed by atoms with Gasteiger partial charge in [-0.3, -0.25) is 14.2 Å². The Bertz CT molecular complexity index is 942. The first-order valence-corrected chi connectivity index (χ1v) is 7.03. The van der Waals surface area contributed by atoms with E-state index in [-0.39, 0.29) is 23.7 Å². The molecule has 0 aromatic carbocycles. The number of hydrogen-bond acceptors (Lipinski definition) is 4. The van der Waals surface area contributed by atoms with E-state index in [1.807, 2.05) is 0 Å². The van der Waals surface area contributed by atoms with Crippen molar-refractivity contribution < 1.29 is 9.18 Å². The number of carbonyl (C=O) groups is 1. The molecule has 0 radical (unpaired) electrons.